The molecule has 1 aromatic rings. The first-order valence-corrected chi connectivity index (χ1v) is 11.6. The van der Waals surface area contributed by atoms with E-state index in [1.54, 1.807) is 30.3 Å². The Morgan fingerprint density at radius 3 is 2.31 bits per heavy atom. The number of ether oxygens (including phenoxy) is 1. The van der Waals surface area contributed by atoms with Crippen molar-refractivity contribution in [2.75, 3.05) is 31.9 Å². The molecule has 0 aliphatic rings. The second-order valence-corrected chi connectivity index (χ2v) is 9.56. The van der Waals surface area contributed by atoms with Gasteiger partial charge in [0.15, 0.2) is 15.8 Å². The Bertz CT molecular complexity index is 743. The summed E-state index contributed by atoms with van der Waals surface area (Å²) in [6.07, 6.45) is 0.700. The van der Waals surface area contributed by atoms with Gasteiger partial charge in [-0.2, -0.15) is 0 Å². The molecule has 9 heteroatoms. The smallest absolute Gasteiger partial charge is 0.407 e. The summed E-state index contributed by atoms with van der Waals surface area (Å²) in [6.45, 7) is 9.59. The van der Waals surface area contributed by atoms with Crippen molar-refractivity contribution in [3.63, 3.8) is 0 Å². The van der Waals surface area contributed by atoms with E-state index < -0.39 is 21.5 Å². The fourth-order valence-corrected chi connectivity index (χ4v) is 3.66. The van der Waals surface area contributed by atoms with Crippen molar-refractivity contribution in [2.45, 2.75) is 51.0 Å². The zero-order valence-corrected chi connectivity index (χ0v) is 18.6. The lowest BCUT2D eigenvalue weighted by atomic mass is 10.2. The van der Waals surface area contributed by atoms with Crippen molar-refractivity contribution in [3.05, 3.63) is 30.3 Å². The molecule has 29 heavy (non-hydrogen) atoms. The van der Waals surface area contributed by atoms with Crippen molar-refractivity contribution >= 4 is 21.9 Å². The lowest BCUT2D eigenvalue weighted by Gasteiger charge is -2.19. The summed E-state index contributed by atoms with van der Waals surface area (Å²) in [4.78, 5) is 16.3. The molecule has 0 saturated heterocycles. The van der Waals surface area contributed by atoms with Crippen molar-refractivity contribution < 1.29 is 17.9 Å². The van der Waals surface area contributed by atoms with Gasteiger partial charge in [0, 0.05) is 26.2 Å². The van der Waals surface area contributed by atoms with Gasteiger partial charge in [0.1, 0.15) is 5.60 Å². The molecule has 164 valence electrons. The van der Waals surface area contributed by atoms with Crippen molar-refractivity contribution in [2.24, 2.45) is 4.99 Å². The largest absolute Gasteiger partial charge is 0.444 e. The lowest BCUT2D eigenvalue weighted by Crippen LogP contribution is -2.38. The summed E-state index contributed by atoms with van der Waals surface area (Å²) in [7, 11) is -3.27. The number of carbonyl (C=O) groups is 1. The molecule has 0 radical (unpaired) electrons. The number of benzene rings is 1. The van der Waals surface area contributed by atoms with Gasteiger partial charge in [-0.1, -0.05) is 18.2 Å². The third kappa shape index (κ3) is 11.3. The normalized spacial score (nSPS) is 12.3. The molecule has 1 rings (SSSR count). The number of sulfone groups is 1. The van der Waals surface area contributed by atoms with E-state index in [1.165, 1.54) is 0 Å². The van der Waals surface area contributed by atoms with E-state index >= 15 is 0 Å². The third-order valence-corrected chi connectivity index (χ3v) is 5.42. The molecule has 0 heterocycles. The van der Waals surface area contributed by atoms with Crippen LogP contribution in [0.1, 0.15) is 40.5 Å². The fraction of sp³-hybridized carbons (Fsp3) is 0.600. The van der Waals surface area contributed by atoms with Gasteiger partial charge < -0.3 is 20.7 Å². The Balaban J connectivity index is 2.33. The average molecular weight is 427 g/mol. The zero-order chi connectivity index (χ0) is 21.8. The number of rotatable bonds is 10. The molecule has 0 atom stereocenters. The van der Waals surface area contributed by atoms with Crippen LogP contribution in [0.25, 0.3) is 0 Å². The maximum Gasteiger partial charge on any atom is 0.407 e. The molecular formula is C20H34N4O4S. The number of nitrogens with zero attached hydrogens (tertiary/aromatic N) is 1. The Kier molecular flexibility index (Phi) is 10.5. The van der Waals surface area contributed by atoms with E-state index in [1.807, 2.05) is 27.7 Å². The minimum atomic E-state index is -3.27. The third-order valence-electron chi connectivity index (χ3n) is 3.60. The van der Waals surface area contributed by atoms with Crippen LogP contribution in [0.5, 0.6) is 0 Å². The summed E-state index contributed by atoms with van der Waals surface area (Å²) in [5.74, 6) is 0.699. The van der Waals surface area contributed by atoms with Crippen LogP contribution in [0.15, 0.2) is 40.2 Å². The first-order chi connectivity index (χ1) is 13.6. The van der Waals surface area contributed by atoms with Crippen LogP contribution in [0.2, 0.25) is 0 Å². The standard InChI is InChI=1S/C20H34N4O4S/c1-5-21-18(22-13-9-14-24-19(25)28-20(2,3)4)23-15-10-16-29(26,27)17-11-7-6-8-12-17/h6-8,11-12H,5,9-10,13-16H2,1-4H3,(H,24,25)(H2,21,22,23). The van der Waals surface area contributed by atoms with Crippen LogP contribution >= 0.6 is 0 Å². The predicted molar refractivity (Wildman–Crippen MR) is 116 cm³/mol. The van der Waals surface area contributed by atoms with Gasteiger partial charge in [-0.25, -0.2) is 13.2 Å². The number of alkyl carbamates (subject to hydrolysis) is 1. The number of amides is 1. The first kappa shape index (κ1) is 24.7. The van der Waals surface area contributed by atoms with E-state index in [9.17, 15) is 13.2 Å². The molecule has 0 saturated carbocycles. The maximum absolute atomic E-state index is 12.3. The molecule has 0 aliphatic heterocycles. The van der Waals surface area contributed by atoms with E-state index in [0.717, 1.165) is 0 Å². The summed E-state index contributed by atoms with van der Waals surface area (Å²) in [5.41, 5.74) is -0.516. The van der Waals surface area contributed by atoms with Crippen LogP contribution in [-0.4, -0.2) is 58.0 Å². The summed E-state index contributed by atoms with van der Waals surface area (Å²) in [6, 6.07) is 8.46. The van der Waals surface area contributed by atoms with E-state index in [2.05, 4.69) is 20.9 Å². The summed E-state index contributed by atoms with van der Waals surface area (Å²) in [5, 5.41) is 8.95. The monoisotopic (exact) mass is 426 g/mol. The highest BCUT2D eigenvalue weighted by molar-refractivity contribution is 7.91. The topological polar surface area (TPSA) is 109 Å². The molecule has 8 nitrogen and oxygen atoms in total. The molecule has 0 bridgehead atoms. The highest BCUT2D eigenvalue weighted by Crippen LogP contribution is 2.10. The van der Waals surface area contributed by atoms with Crippen LogP contribution in [0, 0.1) is 0 Å². The Morgan fingerprint density at radius 1 is 1.03 bits per heavy atom. The second kappa shape index (κ2) is 12.3. The highest BCUT2D eigenvalue weighted by atomic mass is 32.2. The number of carbonyl (C=O) groups excluding carboxylic acids is 1. The summed E-state index contributed by atoms with van der Waals surface area (Å²) >= 11 is 0. The molecule has 0 fully saturated rings. The van der Waals surface area contributed by atoms with Crippen LogP contribution in [0.4, 0.5) is 4.79 Å². The number of nitrogens with one attached hydrogen (secondary N) is 3. The van der Waals surface area contributed by atoms with Gasteiger partial charge in [-0.15, -0.1) is 0 Å². The summed E-state index contributed by atoms with van der Waals surface area (Å²) < 4.78 is 29.7. The minimum absolute atomic E-state index is 0.0726. The number of hydrogen-bond donors (Lipinski definition) is 3. The molecule has 1 aromatic carbocycles. The van der Waals surface area contributed by atoms with Gasteiger partial charge in [-0.3, -0.25) is 4.99 Å². The number of hydrogen-bond acceptors (Lipinski definition) is 5. The molecule has 3 N–H and O–H groups in total. The highest BCUT2D eigenvalue weighted by Gasteiger charge is 2.15. The fourth-order valence-electron chi connectivity index (χ4n) is 2.33. The van der Waals surface area contributed by atoms with Crippen LogP contribution in [-0.2, 0) is 14.6 Å². The SMILES string of the molecule is CCNC(=NCCCNC(=O)OC(C)(C)C)NCCCS(=O)(=O)c1ccccc1. The number of guanidine groups is 1. The van der Waals surface area contributed by atoms with E-state index in [0.29, 0.717) is 49.9 Å². The van der Waals surface area contributed by atoms with Crippen molar-refractivity contribution in [3.8, 4) is 0 Å². The Labute approximate surface area is 174 Å². The van der Waals surface area contributed by atoms with Gasteiger partial charge in [0.25, 0.3) is 0 Å². The zero-order valence-electron chi connectivity index (χ0n) is 17.8. The lowest BCUT2D eigenvalue weighted by molar-refractivity contribution is 0.0527. The predicted octanol–water partition coefficient (Wildman–Crippen LogP) is 2.32. The van der Waals surface area contributed by atoms with Crippen molar-refractivity contribution in [1.29, 1.82) is 0 Å². The van der Waals surface area contributed by atoms with Gasteiger partial charge in [-0.05, 0) is 52.7 Å². The van der Waals surface area contributed by atoms with Crippen LogP contribution in [0.3, 0.4) is 0 Å². The van der Waals surface area contributed by atoms with Crippen LogP contribution < -0.4 is 16.0 Å². The average Bonchev–Trinajstić information content (AvgIpc) is 2.64. The Hall–Kier alpha value is -2.29. The van der Waals surface area contributed by atoms with Gasteiger partial charge >= 0.3 is 6.09 Å². The Morgan fingerprint density at radius 2 is 1.69 bits per heavy atom. The molecule has 0 spiro atoms. The molecular weight excluding hydrogens is 392 g/mol. The number of aliphatic imine (C=N–C) groups is 1. The molecule has 0 unspecified atom stereocenters. The molecule has 0 aliphatic carbocycles. The van der Waals surface area contributed by atoms with Gasteiger partial charge in [0.05, 0.1) is 10.6 Å². The van der Waals surface area contributed by atoms with Crippen molar-refractivity contribution in [1.82, 2.24) is 16.0 Å². The van der Waals surface area contributed by atoms with E-state index in [4.69, 9.17) is 4.74 Å². The first-order valence-electron chi connectivity index (χ1n) is 9.91. The van der Waals surface area contributed by atoms with Gasteiger partial charge in [0.2, 0.25) is 0 Å². The molecule has 1 amide bonds. The quantitative estimate of drug-likeness (QED) is 0.301. The molecule has 0 aromatic heterocycles. The second-order valence-electron chi connectivity index (χ2n) is 7.46. The minimum Gasteiger partial charge on any atom is -0.444 e. The van der Waals surface area contributed by atoms with E-state index in [-0.39, 0.29) is 5.75 Å². The maximum atomic E-state index is 12.3.